The third-order valence-corrected chi connectivity index (χ3v) is 4.18. The lowest BCUT2D eigenvalue weighted by Crippen LogP contribution is -2.21. The molecule has 1 aromatic carbocycles. The molecule has 0 bridgehead atoms. The van der Waals surface area contributed by atoms with Gasteiger partial charge in [0.15, 0.2) is 0 Å². The largest absolute Gasteiger partial charge is 0.490 e. The molecule has 0 saturated carbocycles. The van der Waals surface area contributed by atoms with E-state index in [0.717, 1.165) is 15.9 Å². The Balaban J connectivity index is 0.000000298. The zero-order valence-electron chi connectivity index (χ0n) is 12.8. The molecule has 138 valence electrons. The second-order valence-electron chi connectivity index (χ2n) is 4.88. The monoisotopic (exact) mass is 406 g/mol. The molecule has 0 aliphatic rings. The van der Waals surface area contributed by atoms with E-state index in [9.17, 15) is 17.6 Å². The van der Waals surface area contributed by atoms with Crippen molar-refractivity contribution in [3.8, 4) is 0 Å². The van der Waals surface area contributed by atoms with E-state index in [0.29, 0.717) is 17.3 Å². The highest BCUT2D eigenvalue weighted by Gasteiger charge is 2.38. The highest BCUT2D eigenvalue weighted by Crippen LogP contribution is 2.30. The number of alkyl halides is 3. The number of nitrogens with zero attached hydrogens (tertiary/aromatic N) is 1. The van der Waals surface area contributed by atoms with E-state index in [2.05, 4.69) is 10.3 Å². The highest BCUT2D eigenvalue weighted by molar-refractivity contribution is 7.17. The number of carbonyl (C=O) groups is 1. The fourth-order valence-electron chi connectivity index (χ4n) is 1.89. The second kappa shape index (κ2) is 8.33. The first-order valence-corrected chi connectivity index (χ1v) is 8.25. The Bertz CT molecular complexity index is 915. The summed E-state index contributed by atoms with van der Waals surface area (Å²) in [6, 6.07) is 10.4. The Hall–Kier alpha value is -2.39. The molecular weight excluding hydrogens is 396 g/mol. The number of aromatic nitrogens is 1. The Morgan fingerprint density at radius 2 is 1.92 bits per heavy atom. The number of nitrogens with one attached hydrogen (secondary N) is 1. The van der Waals surface area contributed by atoms with Gasteiger partial charge in [0.05, 0.1) is 15.9 Å². The molecule has 0 fully saturated rings. The topological polar surface area (TPSA) is 62.2 Å². The van der Waals surface area contributed by atoms with Gasteiger partial charge >= 0.3 is 12.1 Å². The van der Waals surface area contributed by atoms with E-state index >= 15 is 0 Å². The van der Waals surface area contributed by atoms with E-state index in [1.54, 1.807) is 29.5 Å². The van der Waals surface area contributed by atoms with Crippen LogP contribution in [0, 0.1) is 5.82 Å². The number of rotatable bonds is 3. The fraction of sp³-hybridized carbons (Fsp3) is 0.125. The number of carboxylic acid groups (broad SMARTS) is 1. The zero-order valence-corrected chi connectivity index (χ0v) is 14.4. The van der Waals surface area contributed by atoms with Crippen molar-refractivity contribution < 1.29 is 27.5 Å². The number of carboxylic acids is 1. The van der Waals surface area contributed by atoms with Crippen molar-refractivity contribution in [3.05, 3.63) is 58.3 Å². The number of aliphatic carboxylic acids is 1. The number of hydrogen-bond acceptors (Lipinski definition) is 4. The first-order valence-electron chi connectivity index (χ1n) is 6.99. The molecule has 0 saturated heterocycles. The minimum absolute atomic E-state index is 0.211. The number of thiophene rings is 1. The minimum Gasteiger partial charge on any atom is -0.475 e. The van der Waals surface area contributed by atoms with Gasteiger partial charge in [0, 0.05) is 18.2 Å². The molecule has 2 N–H and O–H groups in total. The Labute approximate surface area is 154 Å². The number of halogens is 5. The number of anilines is 1. The third kappa shape index (κ3) is 5.30. The van der Waals surface area contributed by atoms with Crippen molar-refractivity contribution in [1.29, 1.82) is 0 Å². The van der Waals surface area contributed by atoms with Crippen molar-refractivity contribution in [3.63, 3.8) is 0 Å². The van der Waals surface area contributed by atoms with Gasteiger partial charge in [0.1, 0.15) is 11.0 Å². The summed E-state index contributed by atoms with van der Waals surface area (Å²) in [6.45, 7) is 0.417. The van der Waals surface area contributed by atoms with Crippen molar-refractivity contribution in [2.45, 2.75) is 12.7 Å². The second-order valence-corrected chi connectivity index (χ2v) is 6.18. The van der Waals surface area contributed by atoms with Crippen LogP contribution in [-0.2, 0) is 11.3 Å². The number of fused-ring (bicyclic) bond motifs is 1. The first-order chi connectivity index (χ1) is 12.2. The van der Waals surface area contributed by atoms with Gasteiger partial charge < -0.3 is 10.4 Å². The van der Waals surface area contributed by atoms with Crippen LogP contribution in [0.1, 0.15) is 5.56 Å². The molecule has 4 nitrogen and oxygen atoms in total. The van der Waals surface area contributed by atoms with E-state index in [1.807, 2.05) is 17.5 Å². The molecule has 0 aliphatic carbocycles. The van der Waals surface area contributed by atoms with Gasteiger partial charge in [0.25, 0.3) is 0 Å². The standard InChI is InChI=1S/C14H10ClFN2S.C2HF3O2/c15-13-7-12(14-11(18-13)5-6-19-14)17-8-9-3-1-2-4-10(9)16;3-2(4,5)1(6)7/h1-7H,8H2,(H,17,18);(H,6,7). The van der Waals surface area contributed by atoms with E-state index in [-0.39, 0.29) is 5.82 Å². The maximum absolute atomic E-state index is 13.5. The smallest absolute Gasteiger partial charge is 0.475 e. The average molecular weight is 407 g/mol. The van der Waals surface area contributed by atoms with E-state index < -0.39 is 12.1 Å². The van der Waals surface area contributed by atoms with Crippen LogP contribution in [0.3, 0.4) is 0 Å². The normalized spacial score (nSPS) is 11.0. The summed E-state index contributed by atoms with van der Waals surface area (Å²) in [5.74, 6) is -2.97. The van der Waals surface area contributed by atoms with Gasteiger partial charge in [0.2, 0.25) is 0 Å². The van der Waals surface area contributed by atoms with Gasteiger partial charge in [-0.1, -0.05) is 29.8 Å². The zero-order chi connectivity index (χ0) is 19.3. The summed E-state index contributed by atoms with van der Waals surface area (Å²) >= 11 is 7.56. The molecule has 0 spiro atoms. The summed E-state index contributed by atoms with van der Waals surface area (Å²) in [4.78, 5) is 13.1. The Morgan fingerprint density at radius 1 is 1.27 bits per heavy atom. The van der Waals surface area contributed by atoms with Gasteiger partial charge in [-0.05, 0) is 17.5 Å². The number of hydrogen-bond donors (Lipinski definition) is 2. The van der Waals surface area contributed by atoms with E-state index in [4.69, 9.17) is 21.5 Å². The van der Waals surface area contributed by atoms with Crippen LogP contribution in [-0.4, -0.2) is 22.2 Å². The fourth-order valence-corrected chi connectivity index (χ4v) is 2.91. The van der Waals surface area contributed by atoms with E-state index in [1.165, 1.54) is 6.07 Å². The average Bonchev–Trinajstić information content (AvgIpc) is 3.01. The van der Waals surface area contributed by atoms with Crippen LogP contribution in [0.5, 0.6) is 0 Å². The lowest BCUT2D eigenvalue weighted by atomic mass is 10.2. The van der Waals surface area contributed by atoms with Gasteiger partial charge in [-0.2, -0.15) is 13.2 Å². The molecule has 2 heterocycles. The quantitative estimate of drug-likeness (QED) is 0.455. The van der Waals surface area contributed by atoms with Crippen molar-refractivity contribution >= 4 is 44.8 Å². The van der Waals surface area contributed by atoms with Crippen LogP contribution >= 0.6 is 22.9 Å². The Kier molecular flexibility index (Phi) is 6.38. The first kappa shape index (κ1) is 19.9. The predicted octanol–water partition coefficient (Wildman–Crippen LogP) is 5.33. The molecular formula is C16H11ClF4N2O2S. The summed E-state index contributed by atoms with van der Waals surface area (Å²) in [5.41, 5.74) is 2.36. The summed E-state index contributed by atoms with van der Waals surface area (Å²) in [7, 11) is 0. The van der Waals surface area contributed by atoms with Crippen molar-refractivity contribution in [1.82, 2.24) is 4.98 Å². The van der Waals surface area contributed by atoms with Gasteiger partial charge in [-0.25, -0.2) is 14.2 Å². The molecule has 26 heavy (non-hydrogen) atoms. The van der Waals surface area contributed by atoms with Crippen molar-refractivity contribution in [2.24, 2.45) is 0 Å². The summed E-state index contributed by atoms with van der Waals surface area (Å²) < 4.78 is 46.3. The molecule has 0 atom stereocenters. The van der Waals surface area contributed by atoms with Crippen LogP contribution in [0.15, 0.2) is 41.8 Å². The Morgan fingerprint density at radius 3 is 2.54 bits per heavy atom. The third-order valence-electron chi connectivity index (χ3n) is 3.05. The number of benzene rings is 1. The predicted molar refractivity (Wildman–Crippen MR) is 92.0 cm³/mol. The van der Waals surface area contributed by atoms with Gasteiger partial charge in [-0.3, -0.25) is 0 Å². The lowest BCUT2D eigenvalue weighted by molar-refractivity contribution is -0.192. The van der Waals surface area contributed by atoms with Crippen LogP contribution < -0.4 is 5.32 Å². The molecule has 3 aromatic rings. The van der Waals surface area contributed by atoms with Gasteiger partial charge in [-0.15, -0.1) is 11.3 Å². The molecule has 0 amide bonds. The molecule has 0 aliphatic heterocycles. The minimum atomic E-state index is -5.08. The summed E-state index contributed by atoms with van der Waals surface area (Å²) in [6.07, 6.45) is -5.08. The molecule has 0 unspecified atom stereocenters. The molecule has 10 heteroatoms. The molecule has 0 radical (unpaired) electrons. The van der Waals surface area contributed by atoms with Crippen LogP contribution in [0.4, 0.5) is 23.2 Å². The molecule has 3 rings (SSSR count). The van der Waals surface area contributed by atoms with Crippen LogP contribution in [0.25, 0.3) is 10.2 Å². The SMILES string of the molecule is Fc1ccccc1CNc1cc(Cl)nc2ccsc12.O=C(O)C(F)(F)F. The highest BCUT2D eigenvalue weighted by atomic mass is 35.5. The summed E-state index contributed by atoms with van der Waals surface area (Å²) in [5, 5.41) is 12.7. The lowest BCUT2D eigenvalue weighted by Gasteiger charge is -2.08. The van der Waals surface area contributed by atoms with Crippen LogP contribution in [0.2, 0.25) is 5.15 Å². The maximum Gasteiger partial charge on any atom is 0.490 e. The van der Waals surface area contributed by atoms with Crippen molar-refractivity contribution in [2.75, 3.05) is 5.32 Å². The molecule has 2 aromatic heterocycles. The number of pyridine rings is 1. The maximum atomic E-state index is 13.5.